The quantitative estimate of drug-likeness (QED) is 0.636. The van der Waals surface area contributed by atoms with E-state index in [0.29, 0.717) is 18.7 Å². The minimum atomic E-state index is -0.123. The third-order valence-electron chi connectivity index (χ3n) is 2.91. The fraction of sp³-hybridized carbons (Fsp3) is 0.200. The molecule has 0 atom stereocenters. The van der Waals surface area contributed by atoms with Gasteiger partial charge in [0.25, 0.3) is 0 Å². The maximum Gasteiger partial charge on any atom is 0.244 e. The van der Waals surface area contributed by atoms with Crippen molar-refractivity contribution in [1.29, 1.82) is 0 Å². The summed E-state index contributed by atoms with van der Waals surface area (Å²) in [5, 5.41) is 2.82. The molecule has 2 rings (SSSR count). The highest BCUT2D eigenvalue weighted by molar-refractivity contribution is 5.91. The van der Waals surface area contributed by atoms with Crippen molar-refractivity contribution in [2.45, 2.75) is 6.42 Å². The summed E-state index contributed by atoms with van der Waals surface area (Å²) < 4.78 is 1.94. The van der Waals surface area contributed by atoms with Gasteiger partial charge in [0.1, 0.15) is 5.82 Å². The summed E-state index contributed by atoms with van der Waals surface area (Å²) in [4.78, 5) is 15.9. The van der Waals surface area contributed by atoms with Crippen LogP contribution in [0.5, 0.6) is 0 Å². The molecule has 0 aliphatic heterocycles. The Morgan fingerprint density at radius 2 is 2.35 bits per heavy atom. The standard InChI is InChI=1S/C15H18N4O/c1-19-10-9-17-14(19)7-8-18-15(20)6-5-12-3-2-4-13(16)11-12/h2-6,9-11H,7-8,16H2,1H3,(H,18,20)/b6-5+. The molecule has 0 radical (unpaired) electrons. The summed E-state index contributed by atoms with van der Waals surface area (Å²) in [6.45, 7) is 0.560. The molecule has 1 heterocycles. The zero-order valence-corrected chi connectivity index (χ0v) is 11.4. The third-order valence-corrected chi connectivity index (χ3v) is 2.91. The molecule has 1 amide bonds. The average molecular weight is 270 g/mol. The highest BCUT2D eigenvalue weighted by Crippen LogP contribution is 2.07. The second-order valence-electron chi connectivity index (χ2n) is 4.50. The van der Waals surface area contributed by atoms with Crippen molar-refractivity contribution in [3.8, 4) is 0 Å². The van der Waals surface area contributed by atoms with Crippen LogP contribution in [0.2, 0.25) is 0 Å². The van der Waals surface area contributed by atoms with E-state index >= 15 is 0 Å². The topological polar surface area (TPSA) is 72.9 Å². The van der Waals surface area contributed by atoms with Gasteiger partial charge >= 0.3 is 0 Å². The lowest BCUT2D eigenvalue weighted by molar-refractivity contribution is -0.116. The van der Waals surface area contributed by atoms with Crippen LogP contribution in [0.25, 0.3) is 6.08 Å². The number of amides is 1. The van der Waals surface area contributed by atoms with Crippen LogP contribution in [0.4, 0.5) is 5.69 Å². The number of rotatable bonds is 5. The van der Waals surface area contributed by atoms with E-state index in [-0.39, 0.29) is 5.91 Å². The summed E-state index contributed by atoms with van der Waals surface area (Å²) in [5.74, 6) is 0.826. The Labute approximate surface area is 118 Å². The van der Waals surface area contributed by atoms with Gasteiger partial charge in [0.15, 0.2) is 0 Å². The molecule has 0 spiro atoms. The molecule has 104 valence electrons. The molecule has 5 nitrogen and oxygen atoms in total. The first-order valence-electron chi connectivity index (χ1n) is 6.43. The first-order chi connectivity index (χ1) is 9.65. The normalized spacial score (nSPS) is 10.8. The largest absolute Gasteiger partial charge is 0.399 e. The van der Waals surface area contributed by atoms with E-state index in [0.717, 1.165) is 11.4 Å². The first kappa shape index (κ1) is 13.9. The molecule has 1 aromatic carbocycles. The molecule has 0 aliphatic carbocycles. The number of nitrogens with one attached hydrogen (secondary N) is 1. The second-order valence-corrected chi connectivity index (χ2v) is 4.50. The lowest BCUT2D eigenvalue weighted by Crippen LogP contribution is -2.24. The fourth-order valence-electron chi connectivity index (χ4n) is 1.83. The SMILES string of the molecule is Cn1ccnc1CCNC(=O)/C=C/c1cccc(N)c1. The van der Waals surface area contributed by atoms with E-state index < -0.39 is 0 Å². The Balaban J connectivity index is 1.79. The van der Waals surface area contributed by atoms with Crippen LogP contribution in [0.3, 0.4) is 0 Å². The number of carbonyl (C=O) groups is 1. The number of hydrogen-bond acceptors (Lipinski definition) is 3. The number of hydrogen-bond donors (Lipinski definition) is 2. The Hall–Kier alpha value is -2.56. The predicted molar refractivity (Wildman–Crippen MR) is 79.8 cm³/mol. The number of anilines is 1. The van der Waals surface area contributed by atoms with Crippen LogP contribution in [-0.4, -0.2) is 22.0 Å². The highest BCUT2D eigenvalue weighted by atomic mass is 16.1. The monoisotopic (exact) mass is 270 g/mol. The predicted octanol–water partition coefficient (Wildman–Crippen LogP) is 1.37. The van der Waals surface area contributed by atoms with Gasteiger partial charge in [0, 0.05) is 44.2 Å². The van der Waals surface area contributed by atoms with Crippen molar-refractivity contribution in [1.82, 2.24) is 14.9 Å². The van der Waals surface area contributed by atoms with Crippen LogP contribution in [0.15, 0.2) is 42.7 Å². The molecule has 5 heteroatoms. The first-order valence-corrected chi connectivity index (χ1v) is 6.43. The van der Waals surface area contributed by atoms with Gasteiger partial charge in [-0.2, -0.15) is 0 Å². The number of aryl methyl sites for hydroxylation is 1. The summed E-state index contributed by atoms with van der Waals surface area (Å²) in [6.07, 6.45) is 7.59. The maximum atomic E-state index is 11.7. The molecule has 0 fully saturated rings. The van der Waals surface area contributed by atoms with Gasteiger partial charge in [-0.05, 0) is 23.8 Å². The van der Waals surface area contributed by atoms with Crippen molar-refractivity contribution in [2.75, 3.05) is 12.3 Å². The Morgan fingerprint density at radius 3 is 3.05 bits per heavy atom. The number of carbonyl (C=O) groups excluding carboxylic acids is 1. The fourth-order valence-corrected chi connectivity index (χ4v) is 1.83. The Bertz CT molecular complexity index is 616. The summed E-state index contributed by atoms with van der Waals surface area (Å²) in [5.41, 5.74) is 7.26. The molecular weight excluding hydrogens is 252 g/mol. The zero-order chi connectivity index (χ0) is 14.4. The minimum absolute atomic E-state index is 0.123. The van der Waals surface area contributed by atoms with E-state index in [1.54, 1.807) is 12.3 Å². The lowest BCUT2D eigenvalue weighted by atomic mass is 10.2. The molecule has 20 heavy (non-hydrogen) atoms. The summed E-state index contributed by atoms with van der Waals surface area (Å²) >= 11 is 0. The van der Waals surface area contributed by atoms with Crippen molar-refractivity contribution in [3.05, 3.63) is 54.1 Å². The third kappa shape index (κ3) is 3.98. The van der Waals surface area contributed by atoms with E-state index in [1.807, 2.05) is 42.1 Å². The van der Waals surface area contributed by atoms with Gasteiger partial charge in [-0.25, -0.2) is 4.98 Å². The highest BCUT2D eigenvalue weighted by Gasteiger charge is 2.00. The van der Waals surface area contributed by atoms with Crippen LogP contribution < -0.4 is 11.1 Å². The molecule has 0 saturated carbocycles. The molecular formula is C15H18N4O. The molecule has 3 N–H and O–H groups in total. The minimum Gasteiger partial charge on any atom is -0.399 e. The van der Waals surface area contributed by atoms with Gasteiger partial charge in [-0.15, -0.1) is 0 Å². The van der Waals surface area contributed by atoms with Gasteiger partial charge in [0.05, 0.1) is 0 Å². The van der Waals surface area contributed by atoms with Crippen molar-refractivity contribution >= 4 is 17.7 Å². The van der Waals surface area contributed by atoms with Crippen molar-refractivity contribution in [2.24, 2.45) is 7.05 Å². The molecule has 2 aromatic rings. The summed E-state index contributed by atoms with van der Waals surface area (Å²) in [7, 11) is 1.93. The van der Waals surface area contributed by atoms with Crippen LogP contribution in [0.1, 0.15) is 11.4 Å². The van der Waals surface area contributed by atoms with Gasteiger partial charge < -0.3 is 15.6 Å². The van der Waals surface area contributed by atoms with E-state index in [9.17, 15) is 4.79 Å². The van der Waals surface area contributed by atoms with Crippen molar-refractivity contribution < 1.29 is 4.79 Å². The second kappa shape index (κ2) is 6.56. The van der Waals surface area contributed by atoms with E-state index in [1.165, 1.54) is 6.08 Å². The molecule has 0 bridgehead atoms. The zero-order valence-electron chi connectivity index (χ0n) is 11.4. The van der Waals surface area contributed by atoms with Crippen molar-refractivity contribution in [3.63, 3.8) is 0 Å². The summed E-state index contributed by atoms with van der Waals surface area (Å²) in [6, 6.07) is 7.38. The maximum absolute atomic E-state index is 11.7. The molecule has 0 unspecified atom stereocenters. The number of imidazole rings is 1. The number of nitrogens with zero attached hydrogens (tertiary/aromatic N) is 2. The number of nitrogens with two attached hydrogens (primary N) is 1. The van der Waals surface area contributed by atoms with Gasteiger partial charge in [-0.3, -0.25) is 4.79 Å². The van der Waals surface area contributed by atoms with Gasteiger partial charge in [-0.1, -0.05) is 12.1 Å². The number of aromatic nitrogens is 2. The molecule has 0 aliphatic rings. The smallest absolute Gasteiger partial charge is 0.244 e. The van der Waals surface area contributed by atoms with Crippen LogP contribution in [0, 0.1) is 0 Å². The number of nitrogen functional groups attached to an aromatic ring is 1. The van der Waals surface area contributed by atoms with Gasteiger partial charge in [0.2, 0.25) is 5.91 Å². The van der Waals surface area contributed by atoms with E-state index in [2.05, 4.69) is 10.3 Å². The lowest BCUT2D eigenvalue weighted by Gasteiger charge is -2.02. The molecule has 1 aromatic heterocycles. The Morgan fingerprint density at radius 1 is 1.50 bits per heavy atom. The average Bonchev–Trinajstić information content (AvgIpc) is 2.82. The molecule has 0 saturated heterocycles. The number of benzene rings is 1. The van der Waals surface area contributed by atoms with E-state index in [4.69, 9.17) is 5.73 Å². The van der Waals surface area contributed by atoms with Crippen LogP contribution >= 0.6 is 0 Å². The van der Waals surface area contributed by atoms with Crippen LogP contribution in [-0.2, 0) is 18.3 Å². The Kier molecular flexibility index (Phi) is 4.55.